The van der Waals surface area contributed by atoms with Gasteiger partial charge in [-0.2, -0.15) is 0 Å². The minimum absolute atomic E-state index is 0.0668. The number of carbonyl (C=O) groups excluding carboxylic acids is 2. The van der Waals surface area contributed by atoms with E-state index in [0.29, 0.717) is 12.3 Å². The van der Waals surface area contributed by atoms with Crippen LogP contribution in [0.5, 0.6) is 0 Å². The molecule has 1 amide bonds. The third-order valence-corrected chi connectivity index (χ3v) is 2.23. The highest BCUT2D eigenvalue weighted by molar-refractivity contribution is 5.95. The Bertz CT molecular complexity index is 418. The molecule has 1 heterocycles. The molecule has 0 N–H and O–H groups in total. The number of hydrogen-bond acceptors (Lipinski definition) is 4. The molecule has 0 spiro atoms. The molecule has 0 fully saturated rings. The summed E-state index contributed by atoms with van der Waals surface area (Å²) < 4.78 is 4.78. The predicted molar refractivity (Wildman–Crippen MR) is 62.6 cm³/mol. The van der Waals surface area contributed by atoms with Crippen molar-refractivity contribution in [3.05, 3.63) is 29.6 Å². The molecule has 0 saturated carbocycles. The van der Waals surface area contributed by atoms with Crippen molar-refractivity contribution in [2.45, 2.75) is 13.8 Å². The lowest BCUT2D eigenvalue weighted by Gasteiger charge is -2.16. The average Bonchev–Trinajstić information content (AvgIpc) is 2.29. The summed E-state index contributed by atoms with van der Waals surface area (Å²) in [4.78, 5) is 28.5. The number of ether oxygens (including phenoxy) is 1. The highest BCUT2D eigenvalue weighted by Gasteiger charge is 2.17. The highest BCUT2D eigenvalue weighted by Crippen LogP contribution is 2.06. The van der Waals surface area contributed by atoms with Crippen molar-refractivity contribution < 1.29 is 14.3 Å². The van der Waals surface area contributed by atoms with Crippen LogP contribution in [-0.2, 0) is 9.53 Å². The van der Waals surface area contributed by atoms with Crippen molar-refractivity contribution in [3.8, 4) is 0 Å². The standard InChI is InChI=1S/C12H16N2O3/c1-4-17-10(15)8-14(3)12(16)11-9(2)6-5-7-13-11/h5-7H,4,8H2,1-3H3. The smallest absolute Gasteiger partial charge is 0.325 e. The number of aromatic nitrogens is 1. The number of carbonyl (C=O) groups is 2. The van der Waals surface area contributed by atoms with Gasteiger partial charge in [-0.3, -0.25) is 14.6 Å². The molecule has 1 rings (SSSR count). The first-order valence-corrected chi connectivity index (χ1v) is 5.39. The lowest BCUT2D eigenvalue weighted by Crippen LogP contribution is -2.33. The fraction of sp³-hybridized carbons (Fsp3) is 0.417. The van der Waals surface area contributed by atoms with Crippen LogP contribution in [0.1, 0.15) is 23.0 Å². The molecule has 0 aromatic carbocycles. The number of hydrogen-bond donors (Lipinski definition) is 0. The van der Waals surface area contributed by atoms with Crippen LogP contribution < -0.4 is 0 Å². The third kappa shape index (κ3) is 3.55. The van der Waals surface area contributed by atoms with Gasteiger partial charge in [0, 0.05) is 13.2 Å². The largest absolute Gasteiger partial charge is 0.465 e. The van der Waals surface area contributed by atoms with Crippen LogP contribution in [0.3, 0.4) is 0 Å². The summed E-state index contributed by atoms with van der Waals surface area (Å²) in [5.41, 5.74) is 1.15. The van der Waals surface area contributed by atoms with Crippen LogP contribution in [0.25, 0.3) is 0 Å². The molecular formula is C12H16N2O3. The molecule has 5 heteroatoms. The summed E-state index contributed by atoms with van der Waals surface area (Å²) in [6.07, 6.45) is 1.55. The Morgan fingerprint density at radius 1 is 1.47 bits per heavy atom. The second-order valence-electron chi connectivity index (χ2n) is 3.64. The zero-order valence-electron chi connectivity index (χ0n) is 10.3. The van der Waals surface area contributed by atoms with E-state index in [0.717, 1.165) is 5.56 Å². The maximum atomic E-state index is 12.0. The van der Waals surface area contributed by atoms with Crippen LogP contribution in [0, 0.1) is 6.92 Å². The molecule has 0 unspecified atom stereocenters. The molecule has 5 nitrogen and oxygen atoms in total. The van der Waals surface area contributed by atoms with Crippen LogP contribution >= 0.6 is 0 Å². The first-order valence-electron chi connectivity index (χ1n) is 5.39. The summed E-state index contributed by atoms with van der Waals surface area (Å²) in [5, 5.41) is 0. The van der Waals surface area contributed by atoms with Crippen molar-refractivity contribution in [2.24, 2.45) is 0 Å². The Labute approximate surface area is 100 Å². The number of rotatable bonds is 4. The quantitative estimate of drug-likeness (QED) is 0.732. The van der Waals surface area contributed by atoms with E-state index in [9.17, 15) is 9.59 Å². The van der Waals surface area contributed by atoms with Crippen LogP contribution in [0.15, 0.2) is 18.3 Å². The lowest BCUT2D eigenvalue weighted by molar-refractivity contribution is -0.143. The van der Waals surface area contributed by atoms with Gasteiger partial charge in [-0.15, -0.1) is 0 Å². The zero-order chi connectivity index (χ0) is 12.8. The summed E-state index contributed by atoms with van der Waals surface area (Å²) in [6, 6.07) is 3.57. The molecule has 0 atom stereocenters. The summed E-state index contributed by atoms with van der Waals surface area (Å²) in [5.74, 6) is -0.701. The number of esters is 1. The van der Waals surface area contributed by atoms with Gasteiger partial charge in [0.1, 0.15) is 12.2 Å². The summed E-state index contributed by atoms with van der Waals surface area (Å²) in [7, 11) is 1.55. The Morgan fingerprint density at radius 3 is 2.76 bits per heavy atom. The number of aryl methyl sites for hydroxylation is 1. The molecule has 0 radical (unpaired) electrons. The minimum Gasteiger partial charge on any atom is -0.465 e. The Hall–Kier alpha value is -1.91. The molecule has 92 valence electrons. The maximum absolute atomic E-state index is 12.0. The van der Waals surface area contributed by atoms with Crippen LogP contribution in [0.2, 0.25) is 0 Å². The van der Waals surface area contributed by atoms with E-state index in [4.69, 9.17) is 4.74 Å². The molecule has 0 aliphatic heterocycles. The topological polar surface area (TPSA) is 59.5 Å². The van der Waals surface area contributed by atoms with Crippen LogP contribution in [-0.4, -0.2) is 42.0 Å². The van der Waals surface area contributed by atoms with Gasteiger partial charge in [0.2, 0.25) is 0 Å². The van der Waals surface area contributed by atoms with Crippen molar-refractivity contribution in [2.75, 3.05) is 20.2 Å². The summed E-state index contributed by atoms with van der Waals surface area (Å²) in [6.45, 7) is 3.77. The van der Waals surface area contributed by atoms with Crippen molar-refractivity contribution in [3.63, 3.8) is 0 Å². The van der Waals surface area contributed by atoms with E-state index in [1.165, 1.54) is 4.90 Å². The van der Waals surface area contributed by atoms with Gasteiger partial charge < -0.3 is 9.64 Å². The molecule has 1 aromatic rings. The predicted octanol–water partition coefficient (Wildman–Crippen LogP) is 1.03. The molecule has 17 heavy (non-hydrogen) atoms. The van der Waals surface area contributed by atoms with Crippen LogP contribution in [0.4, 0.5) is 0 Å². The molecular weight excluding hydrogens is 220 g/mol. The molecule has 0 aliphatic carbocycles. The van der Waals surface area contributed by atoms with Gasteiger partial charge in [-0.25, -0.2) is 0 Å². The third-order valence-electron chi connectivity index (χ3n) is 2.23. The fourth-order valence-corrected chi connectivity index (χ4v) is 1.36. The van der Waals surface area contributed by atoms with Gasteiger partial charge >= 0.3 is 5.97 Å². The molecule has 1 aromatic heterocycles. The van der Waals surface area contributed by atoms with E-state index >= 15 is 0 Å². The monoisotopic (exact) mass is 236 g/mol. The normalized spacial score (nSPS) is 9.82. The van der Waals surface area contributed by atoms with E-state index in [2.05, 4.69) is 4.98 Å². The SMILES string of the molecule is CCOC(=O)CN(C)C(=O)c1ncccc1C. The number of amides is 1. The molecule has 0 saturated heterocycles. The molecule has 0 aliphatic rings. The van der Waals surface area contributed by atoms with Crippen molar-refractivity contribution >= 4 is 11.9 Å². The average molecular weight is 236 g/mol. The number of pyridine rings is 1. The van der Waals surface area contributed by atoms with Gasteiger partial charge in [0.15, 0.2) is 0 Å². The van der Waals surface area contributed by atoms with E-state index in [1.807, 2.05) is 0 Å². The van der Waals surface area contributed by atoms with E-state index < -0.39 is 5.97 Å². The minimum atomic E-state index is -0.420. The van der Waals surface area contributed by atoms with E-state index in [1.54, 1.807) is 39.2 Å². The van der Waals surface area contributed by atoms with Gasteiger partial charge in [0.25, 0.3) is 5.91 Å². The van der Waals surface area contributed by atoms with E-state index in [-0.39, 0.29) is 12.5 Å². The van der Waals surface area contributed by atoms with Gasteiger partial charge in [-0.1, -0.05) is 6.07 Å². The first kappa shape index (κ1) is 13.2. The fourth-order valence-electron chi connectivity index (χ4n) is 1.36. The molecule has 0 bridgehead atoms. The second kappa shape index (κ2) is 5.98. The second-order valence-corrected chi connectivity index (χ2v) is 3.64. The summed E-state index contributed by atoms with van der Waals surface area (Å²) >= 11 is 0. The maximum Gasteiger partial charge on any atom is 0.325 e. The zero-order valence-corrected chi connectivity index (χ0v) is 10.3. The van der Waals surface area contributed by atoms with Gasteiger partial charge in [0.05, 0.1) is 6.61 Å². The first-order chi connectivity index (χ1) is 8.06. The Balaban J connectivity index is 2.70. The van der Waals surface area contributed by atoms with Crippen molar-refractivity contribution in [1.82, 2.24) is 9.88 Å². The Morgan fingerprint density at radius 2 is 2.18 bits per heavy atom. The lowest BCUT2D eigenvalue weighted by atomic mass is 10.2. The highest BCUT2D eigenvalue weighted by atomic mass is 16.5. The number of nitrogens with zero attached hydrogens (tertiary/aromatic N) is 2. The van der Waals surface area contributed by atoms with Crippen molar-refractivity contribution in [1.29, 1.82) is 0 Å². The van der Waals surface area contributed by atoms with Gasteiger partial charge in [-0.05, 0) is 25.5 Å². The Kier molecular flexibility index (Phi) is 4.63. The number of likely N-dealkylation sites (N-methyl/N-ethyl adjacent to an activating group) is 1.